The van der Waals surface area contributed by atoms with E-state index in [1.165, 1.54) is 42.7 Å². The van der Waals surface area contributed by atoms with E-state index in [1.54, 1.807) is 0 Å². The third kappa shape index (κ3) is 1.80. The smallest absolute Gasteiger partial charge is 0.0608 e. The molecule has 0 spiro atoms. The summed E-state index contributed by atoms with van der Waals surface area (Å²) in [4.78, 5) is 2.63. The Bertz CT molecular complexity index is 413. The first kappa shape index (κ1) is 10.9. The molecule has 2 unspecified atom stereocenters. The molecule has 0 saturated carbocycles. The monoisotopic (exact) mass is 230 g/mol. The number of hydrogen-bond acceptors (Lipinski definition) is 2. The lowest BCUT2D eigenvalue weighted by Crippen LogP contribution is -2.49. The zero-order chi connectivity index (χ0) is 11.8. The Hall–Kier alpha value is -1.18. The maximum absolute atomic E-state index is 3.63. The second-order valence-electron chi connectivity index (χ2n) is 5.50. The Balaban J connectivity index is 1.90. The van der Waals surface area contributed by atoms with Crippen LogP contribution in [0.4, 0.5) is 11.4 Å². The quantitative estimate of drug-likeness (QED) is 0.795. The number of benzene rings is 1. The highest BCUT2D eigenvalue weighted by Gasteiger charge is 2.32. The fourth-order valence-electron chi connectivity index (χ4n) is 3.36. The number of rotatable bonds is 1. The summed E-state index contributed by atoms with van der Waals surface area (Å²) in [6.45, 7) is 6.88. The van der Waals surface area contributed by atoms with Crippen LogP contribution >= 0.6 is 0 Å². The summed E-state index contributed by atoms with van der Waals surface area (Å²) in [6.07, 6.45) is 4.06. The first-order chi connectivity index (χ1) is 8.29. The van der Waals surface area contributed by atoms with E-state index in [2.05, 4.69) is 42.3 Å². The first-order valence-corrected chi connectivity index (χ1v) is 6.89. The average molecular weight is 230 g/mol. The van der Waals surface area contributed by atoms with Crippen LogP contribution < -0.4 is 10.2 Å². The molecule has 0 aromatic heterocycles. The van der Waals surface area contributed by atoms with Gasteiger partial charge in [0.25, 0.3) is 0 Å². The van der Waals surface area contributed by atoms with Gasteiger partial charge < -0.3 is 10.2 Å². The number of hydrogen-bond donors (Lipinski definition) is 1. The molecule has 0 amide bonds. The van der Waals surface area contributed by atoms with Crippen molar-refractivity contribution in [1.82, 2.24) is 0 Å². The summed E-state index contributed by atoms with van der Waals surface area (Å²) in [6, 6.07) is 7.37. The van der Waals surface area contributed by atoms with Crippen LogP contribution in [0, 0.1) is 12.8 Å². The second kappa shape index (κ2) is 4.25. The maximum Gasteiger partial charge on any atom is 0.0608 e. The molecular weight excluding hydrogens is 208 g/mol. The van der Waals surface area contributed by atoms with Crippen LogP contribution in [0.15, 0.2) is 18.2 Å². The van der Waals surface area contributed by atoms with E-state index < -0.39 is 0 Å². The maximum atomic E-state index is 3.63. The van der Waals surface area contributed by atoms with Gasteiger partial charge in [-0.2, -0.15) is 0 Å². The summed E-state index contributed by atoms with van der Waals surface area (Å²) in [5, 5.41) is 3.63. The summed E-state index contributed by atoms with van der Waals surface area (Å²) in [5.74, 6) is 0.935. The number of nitrogens with zero attached hydrogens (tertiary/aromatic N) is 1. The molecule has 0 aliphatic carbocycles. The van der Waals surface area contributed by atoms with Crippen LogP contribution in [0.3, 0.4) is 0 Å². The van der Waals surface area contributed by atoms with Crippen molar-refractivity contribution in [2.75, 3.05) is 23.3 Å². The third-order valence-corrected chi connectivity index (χ3v) is 4.48. The van der Waals surface area contributed by atoms with Gasteiger partial charge in [-0.25, -0.2) is 0 Å². The van der Waals surface area contributed by atoms with Gasteiger partial charge in [-0.05, 0) is 37.3 Å². The third-order valence-electron chi connectivity index (χ3n) is 4.48. The normalized spacial score (nSPS) is 27.1. The Labute approximate surface area is 104 Å². The summed E-state index contributed by atoms with van der Waals surface area (Å²) >= 11 is 0. The van der Waals surface area contributed by atoms with Gasteiger partial charge in [-0.1, -0.05) is 25.5 Å². The molecule has 2 heteroatoms. The lowest BCUT2D eigenvalue weighted by atomic mass is 9.87. The Morgan fingerprint density at radius 2 is 2.29 bits per heavy atom. The molecule has 2 aliphatic heterocycles. The van der Waals surface area contributed by atoms with Gasteiger partial charge in [0.05, 0.1) is 11.4 Å². The van der Waals surface area contributed by atoms with Crippen molar-refractivity contribution in [3.63, 3.8) is 0 Å². The molecule has 2 nitrogen and oxygen atoms in total. The number of anilines is 2. The van der Waals surface area contributed by atoms with Gasteiger partial charge in [0.2, 0.25) is 0 Å². The van der Waals surface area contributed by atoms with E-state index >= 15 is 0 Å². The van der Waals surface area contributed by atoms with Crippen LogP contribution in [0.1, 0.15) is 31.7 Å². The largest absolute Gasteiger partial charge is 0.381 e. The molecule has 0 radical (unpaired) electrons. The summed E-state index contributed by atoms with van der Waals surface area (Å²) in [5.41, 5.74) is 4.16. The van der Waals surface area contributed by atoms with Crippen molar-refractivity contribution in [1.29, 1.82) is 0 Å². The molecule has 2 aliphatic rings. The molecule has 1 aromatic carbocycles. The molecule has 1 aromatic rings. The van der Waals surface area contributed by atoms with Crippen LogP contribution in [0.25, 0.3) is 0 Å². The van der Waals surface area contributed by atoms with Crippen LogP contribution in [-0.2, 0) is 0 Å². The number of piperidine rings is 1. The van der Waals surface area contributed by atoms with Gasteiger partial charge in [0.15, 0.2) is 0 Å². The zero-order valence-electron chi connectivity index (χ0n) is 10.9. The molecule has 2 atom stereocenters. The van der Waals surface area contributed by atoms with E-state index in [1.807, 2.05) is 0 Å². The molecular formula is C15H22N2. The predicted molar refractivity (Wildman–Crippen MR) is 73.8 cm³/mol. The van der Waals surface area contributed by atoms with Gasteiger partial charge in [0, 0.05) is 19.1 Å². The molecule has 92 valence electrons. The summed E-state index contributed by atoms with van der Waals surface area (Å²) in [7, 11) is 0. The van der Waals surface area contributed by atoms with Crippen molar-refractivity contribution < 1.29 is 0 Å². The highest BCUT2D eigenvalue weighted by Crippen LogP contribution is 2.38. The van der Waals surface area contributed by atoms with E-state index in [0.29, 0.717) is 6.04 Å². The zero-order valence-corrected chi connectivity index (χ0v) is 10.9. The van der Waals surface area contributed by atoms with E-state index in [0.717, 1.165) is 12.5 Å². The lowest BCUT2D eigenvalue weighted by Gasteiger charge is -2.45. The molecule has 3 rings (SSSR count). The second-order valence-corrected chi connectivity index (χ2v) is 5.50. The van der Waals surface area contributed by atoms with Gasteiger partial charge in [-0.15, -0.1) is 0 Å². The lowest BCUT2D eigenvalue weighted by molar-refractivity contribution is 0.336. The predicted octanol–water partition coefficient (Wildman–Crippen LogP) is 3.42. The number of para-hydroxylation sites is 1. The van der Waals surface area contributed by atoms with Crippen LogP contribution in [0.5, 0.6) is 0 Å². The topological polar surface area (TPSA) is 15.3 Å². The van der Waals surface area contributed by atoms with Gasteiger partial charge >= 0.3 is 0 Å². The van der Waals surface area contributed by atoms with Gasteiger partial charge in [-0.3, -0.25) is 0 Å². The highest BCUT2D eigenvalue weighted by atomic mass is 15.2. The number of aryl methyl sites for hydroxylation is 1. The molecule has 2 heterocycles. The first-order valence-electron chi connectivity index (χ1n) is 6.89. The number of fused-ring (bicyclic) bond motifs is 3. The summed E-state index contributed by atoms with van der Waals surface area (Å²) < 4.78 is 0. The van der Waals surface area contributed by atoms with Gasteiger partial charge in [0.1, 0.15) is 0 Å². The van der Waals surface area contributed by atoms with E-state index in [9.17, 15) is 0 Å². The van der Waals surface area contributed by atoms with Crippen molar-refractivity contribution in [2.24, 2.45) is 5.92 Å². The molecule has 1 N–H and O–H groups in total. The van der Waals surface area contributed by atoms with Crippen molar-refractivity contribution in [3.05, 3.63) is 23.8 Å². The van der Waals surface area contributed by atoms with Crippen molar-refractivity contribution >= 4 is 11.4 Å². The van der Waals surface area contributed by atoms with Crippen molar-refractivity contribution in [2.45, 2.75) is 39.2 Å². The fraction of sp³-hybridized carbons (Fsp3) is 0.600. The molecule has 0 bridgehead atoms. The SMILES string of the molecule is CCC1CCN2c3cccc(C)c3NCC2C1. The standard InChI is InChI=1S/C15H22N2/c1-3-12-7-8-17-13(9-12)10-16-15-11(2)5-4-6-14(15)17/h4-6,12-13,16H,3,7-10H2,1-2H3. The molecule has 17 heavy (non-hydrogen) atoms. The van der Waals surface area contributed by atoms with E-state index in [4.69, 9.17) is 0 Å². The van der Waals surface area contributed by atoms with E-state index in [-0.39, 0.29) is 0 Å². The minimum absolute atomic E-state index is 0.711. The highest BCUT2D eigenvalue weighted by molar-refractivity contribution is 5.76. The molecule has 1 fully saturated rings. The Morgan fingerprint density at radius 1 is 1.41 bits per heavy atom. The fourth-order valence-corrected chi connectivity index (χ4v) is 3.36. The minimum atomic E-state index is 0.711. The Kier molecular flexibility index (Phi) is 2.73. The number of nitrogens with one attached hydrogen (secondary N) is 1. The Morgan fingerprint density at radius 3 is 3.12 bits per heavy atom. The minimum Gasteiger partial charge on any atom is -0.381 e. The van der Waals surface area contributed by atoms with Crippen molar-refractivity contribution in [3.8, 4) is 0 Å². The van der Waals surface area contributed by atoms with Crippen LogP contribution in [-0.4, -0.2) is 19.1 Å². The molecule has 1 saturated heterocycles. The van der Waals surface area contributed by atoms with Crippen LogP contribution in [0.2, 0.25) is 0 Å². The average Bonchev–Trinajstić information content (AvgIpc) is 2.38.